The first-order valence-corrected chi connectivity index (χ1v) is 3.92. The van der Waals surface area contributed by atoms with Crippen molar-refractivity contribution in [1.29, 1.82) is 0 Å². The van der Waals surface area contributed by atoms with E-state index in [0.717, 1.165) is 19.4 Å². The van der Waals surface area contributed by atoms with Crippen molar-refractivity contribution < 1.29 is 8.78 Å². The van der Waals surface area contributed by atoms with Crippen molar-refractivity contribution in [3.05, 3.63) is 0 Å². The zero-order valence-corrected chi connectivity index (χ0v) is 6.53. The first-order chi connectivity index (χ1) is 4.70. The normalized spacial score (nSPS) is 28.2. The van der Waals surface area contributed by atoms with Crippen LogP contribution in [0.2, 0.25) is 0 Å². The predicted octanol–water partition coefficient (Wildman–Crippen LogP) is 1.60. The molecule has 0 radical (unpaired) electrons. The maximum Gasteiger partial charge on any atom is 0.251 e. The van der Waals surface area contributed by atoms with E-state index in [1.807, 2.05) is 0 Å². The Morgan fingerprint density at radius 3 is 2.70 bits per heavy atom. The number of alkyl halides is 2. The summed E-state index contributed by atoms with van der Waals surface area (Å²) >= 11 is 4.15. The summed E-state index contributed by atoms with van der Waals surface area (Å²) in [5.41, 5.74) is 0. The average Bonchev–Trinajstić information content (AvgIpc) is 2.15. The molecule has 1 nitrogen and oxygen atoms in total. The van der Waals surface area contributed by atoms with Crippen LogP contribution >= 0.6 is 12.6 Å². The van der Waals surface area contributed by atoms with Gasteiger partial charge >= 0.3 is 0 Å². The number of halogens is 2. The monoisotopic (exact) mass is 167 g/mol. The van der Waals surface area contributed by atoms with Crippen LogP contribution in [0.4, 0.5) is 8.78 Å². The standard InChI is InChI=1S/C6H11F2NS/c7-5(8)4-9-3-1-2-6(9)10/h5-6,10H,1-4H2/t6-/m0/s1. The second kappa shape index (κ2) is 3.53. The Kier molecular flexibility index (Phi) is 2.92. The lowest BCUT2D eigenvalue weighted by molar-refractivity contribution is 0.0956. The molecule has 0 N–H and O–H groups in total. The van der Waals surface area contributed by atoms with E-state index in [-0.39, 0.29) is 11.9 Å². The molecule has 0 aromatic carbocycles. The highest BCUT2D eigenvalue weighted by Crippen LogP contribution is 2.20. The summed E-state index contributed by atoms with van der Waals surface area (Å²) in [6, 6.07) is 0. The van der Waals surface area contributed by atoms with Gasteiger partial charge in [-0.25, -0.2) is 8.78 Å². The van der Waals surface area contributed by atoms with E-state index < -0.39 is 6.43 Å². The van der Waals surface area contributed by atoms with Crippen LogP contribution in [0.1, 0.15) is 12.8 Å². The minimum absolute atomic E-state index is 0.0639. The maximum absolute atomic E-state index is 11.8. The third-order valence-electron chi connectivity index (χ3n) is 1.70. The van der Waals surface area contributed by atoms with E-state index in [2.05, 4.69) is 12.6 Å². The minimum atomic E-state index is -2.22. The van der Waals surface area contributed by atoms with Gasteiger partial charge in [-0.1, -0.05) is 0 Å². The van der Waals surface area contributed by atoms with E-state index in [9.17, 15) is 8.78 Å². The zero-order valence-electron chi connectivity index (χ0n) is 5.63. The second-order valence-electron chi connectivity index (χ2n) is 2.51. The maximum atomic E-state index is 11.8. The molecule has 1 aliphatic heterocycles. The van der Waals surface area contributed by atoms with E-state index in [0.29, 0.717) is 0 Å². The summed E-state index contributed by atoms with van der Waals surface area (Å²) in [5.74, 6) is 0. The summed E-state index contributed by atoms with van der Waals surface area (Å²) < 4.78 is 23.6. The molecule has 1 aliphatic rings. The highest BCUT2D eigenvalue weighted by atomic mass is 32.1. The summed E-state index contributed by atoms with van der Waals surface area (Å²) in [4.78, 5) is 1.72. The average molecular weight is 167 g/mol. The number of hydrogen-bond acceptors (Lipinski definition) is 2. The molecular weight excluding hydrogens is 156 g/mol. The molecule has 0 amide bonds. The van der Waals surface area contributed by atoms with Crippen LogP contribution in [0.5, 0.6) is 0 Å². The van der Waals surface area contributed by atoms with E-state index >= 15 is 0 Å². The van der Waals surface area contributed by atoms with Gasteiger partial charge in [0, 0.05) is 0 Å². The topological polar surface area (TPSA) is 3.24 Å². The Balaban J connectivity index is 2.26. The molecule has 0 aromatic heterocycles. The minimum Gasteiger partial charge on any atom is -0.286 e. The van der Waals surface area contributed by atoms with Crippen LogP contribution in [-0.2, 0) is 0 Å². The molecule has 0 aliphatic carbocycles. The van der Waals surface area contributed by atoms with Gasteiger partial charge in [0.1, 0.15) is 0 Å². The molecule has 0 aromatic rings. The molecule has 1 rings (SSSR count). The van der Waals surface area contributed by atoms with Gasteiger partial charge in [0.15, 0.2) is 0 Å². The fourth-order valence-corrected chi connectivity index (χ4v) is 1.59. The highest BCUT2D eigenvalue weighted by molar-refractivity contribution is 7.80. The summed E-state index contributed by atoms with van der Waals surface area (Å²) in [5, 5.41) is 0.0639. The fraction of sp³-hybridized carbons (Fsp3) is 1.00. The van der Waals surface area contributed by atoms with Gasteiger partial charge in [-0.2, -0.15) is 12.6 Å². The third kappa shape index (κ3) is 2.09. The molecule has 1 fully saturated rings. The van der Waals surface area contributed by atoms with E-state index in [4.69, 9.17) is 0 Å². The van der Waals surface area contributed by atoms with Gasteiger partial charge in [0.2, 0.25) is 0 Å². The van der Waals surface area contributed by atoms with Crippen LogP contribution in [0.15, 0.2) is 0 Å². The predicted molar refractivity (Wildman–Crippen MR) is 39.6 cm³/mol. The molecule has 10 heavy (non-hydrogen) atoms. The Hall–Kier alpha value is 0.170. The lowest BCUT2D eigenvalue weighted by atomic mass is 10.4. The zero-order chi connectivity index (χ0) is 7.56. The summed E-state index contributed by atoms with van der Waals surface area (Å²) in [6.07, 6.45) is -0.274. The summed E-state index contributed by atoms with van der Waals surface area (Å²) in [6.45, 7) is 0.659. The number of rotatable bonds is 2. The molecule has 0 bridgehead atoms. The van der Waals surface area contributed by atoms with Gasteiger partial charge < -0.3 is 0 Å². The molecule has 0 saturated carbocycles. The molecule has 0 spiro atoms. The van der Waals surface area contributed by atoms with Crippen molar-refractivity contribution in [2.45, 2.75) is 24.6 Å². The Morgan fingerprint density at radius 1 is 1.60 bits per heavy atom. The van der Waals surface area contributed by atoms with Crippen molar-refractivity contribution in [1.82, 2.24) is 4.90 Å². The quantitative estimate of drug-likeness (QED) is 0.611. The number of thiol groups is 1. The lowest BCUT2D eigenvalue weighted by Crippen LogP contribution is -2.30. The van der Waals surface area contributed by atoms with Crippen LogP contribution in [0.25, 0.3) is 0 Å². The smallest absolute Gasteiger partial charge is 0.251 e. The van der Waals surface area contributed by atoms with Crippen molar-refractivity contribution >= 4 is 12.6 Å². The number of hydrogen-bond donors (Lipinski definition) is 1. The van der Waals surface area contributed by atoms with Gasteiger partial charge in [-0.3, -0.25) is 4.90 Å². The van der Waals surface area contributed by atoms with Gasteiger partial charge in [0.05, 0.1) is 11.9 Å². The van der Waals surface area contributed by atoms with Crippen LogP contribution < -0.4 is 0 Å². The molecule has 0 unspecified atom stereocenters. The van der Waals surface area contributed by atoms with Gasteiger partial charge in [0.25, 0.3) is 6.43 Å². The van der Waals surface area contributed by atoms with Crippen molar-refractivity contribution in [3.63, 3.8) is 0 Å². The molecular formula is C6H11F2NS. The van der Waals surface area contributed by atoms with Crippen molar-refractivity contribution in [2.75, 3.05) is 13.1 Å². The Labute approximate surface area is 64.8 Å². The Bertz CT molecular complexity index is 110. The lowest BCUT2D eigenvalue weighted by Gasteiger charge is -2.18. The molecule has 1 heterocycles. The SMILES string of the molecule is FC(F)CN1CCC[C@@H]1S. The van der Waals surface area contributed by atoms with Gasteiger partial charge in [-0.15, -0.1) is 0 Å². The fourth-order valence-electron chi connectivity index (χ4n) is 1.20. The highest BCUT2D eigenvalue weighted by Gasteiger charge is 2.23. The summed E-state index contributed by atoms with van der Waals surface area (Å²) in [7, 11) is 0. The largest absolute Gasteiger partial charge is 0.286 e. The molecule has 60 valence electrons. The van der Waals surface area contributed by atoms with E-state index in [1.54, 1.807) is 4.90 Å². The van der Waals surface area contributed by atoms with Crippen molar-refractivity contribution in [2.24, 2.45) is 0 Å². The van der Waals surface area contributed by atoms with Crippen LogP contribution in [-0.4, -0.2) is 29.8 Å². The van der Waals surface area contributed by atoms with Crippen LogP contribution in [0, 0.1) is 0 Å². The Morgan fingerprint density at radius 2 is 2.30 bits per heavy atom. The molecule has 4 heteroatoms. The first kappa shape index (κ1) is 8.27. The molecule has 1 atom stereocenters. The van der Waals surface area contributed by atoms with Crippen LogP contribution in [0.3, 0.4) is 0 Å². The third-order valence-corrected chi connectivity index (χ3v) is 2.29. The van der Waals surface area contributed by atoms with Crippen molar-refractivity contribution in [3.8, 4) is 0 Å². The van der Waals surface area contributed by atoms with Gasteiger partial charge in [-0.05, 0) is 19.4 Å². The molecule has 1 saturated heterocycles. The van der Waals surface area contributed by atoms with E-state index in [1.165, 1.54) is 0 Å². The second-order valence-corrected chi connectivity index (χ2v) is 3.10. The number of nitrogens with zero attached hydrogens (tertiary/aromatic N) is 1. The first-order valence-electron chi connectivity index (χ1n) is 3.40. The number of likely N-dealkylation sites (tertiary alicyclic amines) is 1.